The van der Waals surface area contributed by atoms with Crippen molar-refractivity contribution in [2.24, 2.45) is 38.5 Å². The standard InChI is InChI=1S/C41H61NO3.H2/c1-14-16-32(40(11,12)22-17-28(4)42-29(5)23-27(3)34(43)15-2)36(44)35-26-41(13)25-31(30-18-20-39(9,10)21-19-30)24-33(37(41)45-35)38(6,7)8;/h15,23-24,26,30,32H,2-3,14,16-22,25H2,1,4-13H3;1H/b29-23-,42-28?;. The number of ether oxygens (including phenoxy) is 1. The Morgan fingerprint density at radius 3 is 2.31 bits per heavy atom. The van der Waals surface area contributed by atoms with Gasteiger partial charge in [0.1, 0.15) is 5.76 Å². The van der Waals surface area contributed by atoms with Crippen molar-refractivity contribution >= 4 is 17.3 Å². The van der Waals surface area contributed by atoms with Crippen LogP contribution in [0.25, 0.3) is 0 Å². The van der Waals surface area contributed by atoms with Crippen LogP contribution in [0.3, 0.4) is 0 Å². The molecule has 2 atom stereocenters. The minimum absolute atomic E-state index is 0. The van der Waals surface area contributed by atoms with E-state index in [0.717, 1.165) is 49.3 Å². The lowest BCUT2D eigenvalue weighted by molar-refractivity contribution is -0.125. The van der Waals surface area contributed by atoms with Gasteiger partial charge in [0.05, 0.1) is 5.41 Å². The smallest absolute Gasteiger partial charge is 0.201 e. The van der Waals surface area contributed by atoms with Gasteiger partial charge < -0.3 is 4.74 Å². The molecule has 0 aromatic heterocycles. The molecular weight excluding hydrogens is 554 g/mol. The fraction of sp³-hybridized carbons (Fsp3) is 0.634. The van der Waals surface area contributed by atoms with Crippen LogP contribution in [0.2, 0.25) is 0 Å². The molecule has 2 aliphatic carbocycles. The predicted molar refractivity (Wildman–Crippen MR) is 192 cm³/mol. The maximum atomic E-state index is 14.4. The molecule has 0 aromatic carbocycles. The maximum Gasteiger partial charge on any atom is 0.201 e. The second-order valence-electron chi connectivity index (χ2n) is 16.8. The Morgan fingerprint density at radius 2 is 1.76 bits per heavy atom. The summed E-state index contributed by atoms with van der Waals surface area (Å²) in [4.78, 5) is 30.9. The van der Waals surface area contributed by atoms with Crippen LogP contribution in [0.5, 0.6) is 0 Å². The monoisotopic (exact) mass is 617 g/mol. The number of allylic oxidation sites excluding steroid dienone is 9. The molecule has 2 unspecified atom stereocenters. The Hall–Kier alpha value is -2.75. The molecule has 1 heterocycles. The average molecular weight is 618 g/mol. The molecule has 0 spiro atoms. The van der Waals surface area contributed by atoms with Gasteiger partial charge in [-0.3, -0.25) is 14.6 Å². The van der Waals surface area contributed by atoms with Crippen LogP contribution in [0.15, 0.2) is 76.4 Å². The zero-order valence-electron chi connectivity index (χ0n) is 30.4. The number of rotatable bonds is 13. The zero-order chi connectivity index (χ0) is 34.0. The Bertz CT molecular complexity index is 1350. The SMILES string of the molecule is C=CC(=O)C(=C)/C=C(/C)N=C(C)CCC(C)(C)C(CCC)C(=O)C1=CC2(C)CC(C3CCC(C)(C)CC3)=CC(C(C)(C)C)=C2O1.[HH]. The highest BCUT2D eigenvalue weighted by Gasteiger charge is 2.47. The van der Waals surface area contributed by atoms with Gasteiger partial charge in [-0.15, -0.1) is 0 Å². The van der Waals surface area contributed by atoms with Crippen molar-refractivity contribution in [1.29, 1.82) is 0 Å². The lowest BCUT2D eigenvalue weighted by Gasteiger charge is -2.40. The van der Waals surface area contributed by atoms with E-state index >= 15 is 0 Å². The van der Waals surface area contributed by atoms with Crippen molar-refractivity contribution in [3.8, 4) is 0 Å². The van der Waals surface area contributed by atoms with Gasteiger partial charge in [-0.2, -0.15) is 0 Å². The Labute approximate surface area is 276 Å². The highest BCUT2D eigenvalue weighted by atomic mass is 16.5. The predicted octanol–water partition coefficient (Wildman–Crippen LogP) is 11.5. The van der Waals surface area contributed by atoms with Crippen LogP contribution in [-0.2, 0) is 14.3 Å². The molecule has 4 nitrogen and oxygen atoms in total. The molecule has 1 fully saturated rings. The molecule has 0 radical (unpaired) electrons. The first-order valence-electron chi connectivity index (χ1n) is 17.2. The first kappa shape index (κ1) is 36.7. The summed E-state index contributed by atoms with van der Waals surface area (Å²) in [6.45, 7) is 31.7. The number of Topliss-reactive ketones (excluding diaryl/α,β-unsaturated/α-hetero) is 1. The fourth-order valence-electron chi connectivity index (χ4n) is 7.40. The van der Waals surface area contributed by atoms with Gasteiger partial charge in [-0.25, -0.2) is 0 Å². The Morgan fingerprint density at radius 1 is 1.13 bits per heavy atom. The summed E-state index contributed by atoms with van der Waals surface area (Å²) in [6, 6.07) is 0. The number of ketones is 2. The van der Waals surface area contributed by atoms with Gasteiger partial charge in [0.15, 0.2) is 11.5 Å². The summed E-state index contributed by atoms with van der Waals surface area (Å²) in [7, 11) is 0. The molecule has 3 rings (SSSR count). The third kappa shape index (κ3) is 8.95. The third-order valence-corrected chi connectivity index (χ3v) is 10.5. The van der Waals surface area contributed by atoms with Crippen LogP contribution in [0, 0.1) is 33.5 Å². The minimum Gasteiger partial charge on any atom is -0.457 e. The van der Waals surface area contributed by atoms with Crippen LogP contribution in [-0.4, -0.2) is 17.3 Å². The molecule has 0 saturated heterocycles. The summed E-state index contributed by atoms with van der Waals surface area (Å²) >= 11 is 0. The lowest BCUT2D eigenvalue weighted by Crippen LogP contribution is -2.32. The number of aliphatic imine (C=N–C) groups is 1. The van der Waals surface area contributed by atoms with Crippen molar-refractivity contribution < 1.29 is 15.8 Å². The molecule has 0 N–H and O–H groups in total. The zero-order valence-corrected chi connectivity index (χ0v) is 30.4. The van der Waals surface area contributed by atoms with Crippen molar-refractivity contribution in [1.82, 2.24) is 0 Å². The van der Waals surface area contributed by atoms with Crippen LogP contribution in [0.1, 0.15) is 135 Å². The van der Waals surface area contributed by atoms with E-state index in [2.05, 4.69) is 87.6 Å². The molecule has 4 heteroatoms. The third-order valence-electron chi connectivity index (χ3n) is 10.5. The van der Waals surface area contributed by atoms with Crippen molar-refractivity contribution in [2.75, 3.05) is 0 Å². The summed E-state index contributed by atoms with van der Waals surface area (Å²) in [5.41, 5.74) is 4.67. The number of hydrogen-bond donors (Lipinski definition) is 0. The minimum atomic E-state index is -0.296. The molecule has 0 aromatic rings. The van der Waals surface area contributed by atoms with Gasteiger partial charge in [0.25, 0.3) is 0 Å². The summed E-state index contributed by atoms with van der Waals surface area (Å²) in [6.07, 6.45) is 16.8. The van der Waals surface area contributed by atoms with E-state index in [-0.39, 0.29) is 35.2 Å². The second kappa shape index (κ2) is 13.9. The number of carbonyl (C=O) groups excluding carboxylic acids is 2. The normalized spacial score (nSPS) is 23.5. The molecule has 3 aliphatic rings. The largest absolute Gasteiger partial charge is 0.457 e. The average Bonchev–Trinajstić information content (AvgIpc) is 3.30. The number of nitrogens with zero attached hydrogens (tertiary/aromatic N) is 1. The molecule has 0 bridgehead atoms. The van der Waals surface area contributed by atoms with Gasteiger partial charge in [-0.05, 0) is 118 Å². The Balaban J connectivity index is 0.00000736. The molecular formula is C41H63NO3. The summed E-state index contributed by atoms with van der Waals surface area (Å²) < 4.78 is 6.68. The van der Waals surface area contributed by atoms with Crippen LogP contribution >= 0.6 is 0 Å². The number of fused-ring (bicyclic) bond motifs is 1. The van der Waals surface area contributed by atoms with E-state index in [9.17, 15) is 9.59 Å². The lowest BCUT2D eigenvalue weighted by atomic mass is 9.64. The molecule has 1 aliphatic heterocycles. The van der Waals surface area contributed by atoms with Gasteiger partial charge >= 0.3 is 0 Å². The van der Waals surface area contributed by atoms with E-state index in [1.807, 2.05) is 13.8 Å². The highest BCUT2D eigenvalue weighted by molar-refractivity contribution is 6.05. The van der Waals surface area contributed by atoms with Gasteiger partial charge in [0, 0.05) is 24.3 Å². The maximum absolute atomic E-state index is 14.4. The second-order valence-corrected chi connectivity index (χ2v) is 16.8. The summed E-state index contributed by atoms with van der Waals surface area (Å²) in [5.74, 6) is 1.90. The van der Waals surface area contributed by atoms with E-state index in [0.29, 0.717) is 22.7 Å². The van der Waals surface area contributed by atoms with Gasteiger partial charge in [-0.1, -0.05) is 86.6 Å². The molecule has 45 heavy (non-hydrogen) atoms. The first-order chi connectivity index (χ1) is 20.7. The molecule has 1 saturated carbocycles. The summed E-state index contributed by atoms with van der Waals surface area (Å²) in [5, 5.41) is 0. The molecule has 250 valence electrons. The van der Waals surface area contributed by atoms with E-state index in [1.165, 1.54) is 42.9 Å². The van der Waals surface area contributed by atoms with E-state index in [1.54, 1.807) is 6.08 Å². The molecule has 0 amide bonds. The quantitative estimate of drug-likeness (QED) is 0.117. The van der Waals surface area contributed by atoms with Crippen molar-refractivity contribution in [2.45, 2.75) is 134 Å². The van der Waals surface area contributed by atoms with E-state index < -0.39 is 0 Å². The van der Waals surface area contributed by atoms with Crippen LogP contribution in [0.4, 0.5) is 0 Å². The highest BCUT2D eigenvalue weighted by Crippen LogP contribution is 2.55. The Kier molecular flexibility index (Phi) is 11.4. The van der Waals surface area contributed by atoms with Gasteiger partial charge in [0.2, 0.25) is 5.78 Å². The van der Waals surface area contributed by atoms with E-state index in [4.69, 9.17) is 9.73 Å². The van der Waals surface area contributed by atoms with Crippen molar-refractivity contribution in [3.63, 3.8) is 0 Å². The van der Waals surface area contributed by atoms with Crippen molar-refractivity contribution in [3.05, 3.63) is 71.4 Å². The first-order valence-corrected chi connectivity index (χ1v) is 17.2. The fourth-order valence-corrected chi connectivity index (χ4v) is 7.40. The van der Waals surface area contributed by atoms with Crippen LogP contribution < -0.4 is 0 Å². The number of carbonyl (C=O) groups is 2. The topological polar surface area (TPSA) is 55.7 Å². The number of hydrogen-bond acceptors (Lipinski definition) is 4.